The van der Waals surface area contributed by atoms with E-state index in [1.807, 2.05) is 48.5 Å². The van der Waals surface area contributed by atoms with Crippen LogP contribution in [0.2, 0.25) is 0 Å². The highest BCUT2D eigenvalue weighted by Crippen LogP contribution is 2.57. The first-order valence-corrected chi connectivity index (χ1v) is 10.2. The number of primary amides is 1. The van der Waals surface area contributed by atoms with E-state index in [2.05, 4.69) is 13.8 Å². The Hall–Kier alpha value is -1.59. The molecular weight excluding hydrogens is 358 g/mol. The predicted molar refractivity (Wildman–Crippen MR) is 110 cm³/mol. The summed E-state index contributed by atoms with van der Waals surface area (Å²) in [7, 11) is 0. The van der Waals surface area contributed by atoms with E-state index in [-0.39, 0.29) is 5.97 Å². The molecule has 0 aromatic carbocycles. The van der Waals surface area contributed by atoms with Crippen LogP contribution >= 0.6 is 0 Å². The molecule has 2 N–H and O–H groups in total. The van der Waals surface area contributed by atoms with Gasteiger partial charge in [0.15, 0.2) is 6.61 Å². The summed E-state index contributed by atoms with van der Waals surface area (Å²) in [6.07, 6.45) is 2.88. The highest BCUT2D eigenvalue weighted by atomic mass is 16.5. The monoisotopic (exact) mass is 399 g/mol. The van der Waals surface area contributed by atoms with Gasteiger partial charge in [0.2, 0.25) is 0 Å². The van der Waals surface area contributed by atoms with Crippen molar-refractivity contribution < 1.29 is 23.9 Å². The molecule has 0 bridgehead atoms. The van der Waals surface area contributed by atoms with E-state index in [4.69, 9.17) is 15.2 Å². The van der Waals surface area contributed by atoms with Crippen LogP contribution in [0.15, 0.2) is 0 Å². The van der Waals surface area contributed by atoms with Gasteiger partial charge < -0.3 is 15.2 Å². The van der Waals surface area contributed by atoms with E-state index in [9.17, 15) is 14.4 Å². The highest BCUT2D eigenvalue weighted by Gasteiger charge is 2.56. The Balaban J connectivity index is 5.59. The molecule has 0 aliphatic rings. The Morgan fingerprint density at radius 2 is 1.39 bits per heavy atom. The van der Waals surface area contributed by atoms with Crippen LogP contribution in [-0.2, 0) is 23.9 Å². The van der Waals surface area contributed by atoms with Crippen molar-refractivity contribution in [2.75, 3.05) is 13.2 Å². The Morgan fingerprint density at radius 1 is 0.857 bits per heavy atom. The summed E-state index contributed by atoms with van der Waals surface area (Å²) in [5, 5.41) is 0. The molecule has 0 fully saturated rings. The van der Waals surface area contributed by atoms with Crippen LogP contribution in [0.5, 0.6) is 0 Å². The van der Waals surface area contributed by atoms with Gasteiger partial charge in [-0.15, -0.1) is 0 Å². The van der Waals surface area contributed by atoms with Gasteiger partial charge in [0.25, 0.3) is 5.91 Å². The topological polar surface area (TPSA) is 95.7 Å². The van der Waals surface area contributed by atoms with Crippen LogP contribution < -0.4 is 5.73 Å². The molecule has 1 unspecified atom stereocenters. The van der Waals surface area contributed by atoms with Gasteiger partial charge in [-0.1, -0.05) is 48.0 Å². The first kappa shape index (κ1) is 26.4. The third kappa shape index (κ3) is 5.95. The third-order valence-electron chi connectivity index (χ3n) is 6.74. The van der Waals surface area contributed by atoms with Crippen LogP contribution in [0.3, 0.4) is 0 Å². The molecule has 0 radical (unpaired) electrons. The molecule has 0 saturated heterocycles. The fraction of sp³-hybridized carbons (Fsp3) is 0.864. The largest absolute Gasteiger partial charge is 0.465 e. The summed E-state index contributed by atoms with van der Waals surface area (Å²) in [6, 6.07) is 0. The van der Waals surface area contributed by atoms with E-state index in [0.717, 1.165) is 12.8 Å². The van der Waals surface area contributed by atoms with Gasteiger partial charge in [0, 0.05) is 0 Å². The number of rotatable bonds is 12. The number of unbranched alkanes of at least 4 members (excludes halogenated alkanes) is 1. The molecule has 6 heteroatoms. The van der Waals surface area contributed by atoms with Gasteiger partial charge in [-0.2, -0.15) is 0 Å². The van der Waals surface area contributed by atoms with Crippen LogP contribution in [0.1, 0.15) is 88.0 Å². The van der Waals surface area contributed by atoms with Crippen LogP contribution in [0.25, 0.3) is 0 Å². The van der Waals surface area contributed by atoms with Gasteiger partial charge in [0.05, 0.1) is 17.4 Å². The Kier molecular flexibility index (Phi) is 9.19. The van der Waals surface area contributed by atoms with Crippen LogP contribution in [-0.4, -0.2) is 31.1 Å². The van der Waals surface area contributed by atoms with Gasteiger partial charge in [-0.25, -0.2) is 0 Å². The summed E-state index contributed by atoms with van der Waals surface area (Å²) in [6.45, 7) is 17.7. The van der Waals surface area contributed by atoms with Crippen molar-refractivity contribution in [3.8, 4) is 0 Å². The van der Waals surface area contributed by atoms with Crippen molar-refractivity contribution in [2.45, 2.75) is 88.0 Å². The lowest BCUT2D eigenvalue weighted by molar-refractivity contribution is -0.175. The fourth-order valence-electron chi connectivity index (χ4n) is 3.79. The second-order valence-electron chi connectivity index (χ2n) is 9.79. The maximum atomic E-state index is 12.8. The Labute approximate surface area is 170 Å². The van der Waals surface area contributed by atoms with Crippen molar-refractivity contribution in [2.24, 2.45) is 27.4 Å². The number of hydrogen-bond acceptors (Lipinski definition) is 5. The molecule has 0 aromatic heterocycles. The fourth-order valence-corrected chi connectivity index (χ4v) is 3.79. The average Bonchev–Trinajstić information content (AvgIpc) is 2.57. The maximum Gasteiger partial charge on any atom is 0.312 e. The second kappa shape index (κ2) is 9.75. The number of amides is 1. The molecule has 0 spiro atoms. The van der Waals surface area contributed by atoms with E-state index in [1.54, 1.807) is 0 Å². The van der Waals surface area contributed by atoms with E-state index in [1.165, 1.54) is 0 Å². The minimum Gasteiger partial charge on any atom is -0.465 e. The molecule has 0 aliphatic carbocycles. The summed E-state index contributed by atoms with van der Waals surface area (Å²) < 4.78 is 10.6. The summed E-state index contributed by atoms with van der Waals surface area (Å²) in [5.74, 6) is -1.35. The van der Waals surface area contributed by atoms with E-state index < -0.39 is 40.1 Å². The van der Waals surface area contributed by atoms with Crippen LogP contribution in [0, 0.1) is 21.7 Å². The lowest BCUT2D eigenvalue weighted by Gasteiger charge is -2.53. The van der Waals surface area contributed by atoms with Gasteiger partial charge in [-0.05, 0) is 50.9 Å². The molecule has 28 heavy (non-hydrogen) atoms. The predicted octanol–water partition coefficient (Wildman–Crippen LogP) is 4.24. The zero-order chi connectivity index (χ0) is 22.4. The second-order valence-corrected chi connectivity index (χ2v) is 9.79. The number of esters is 2. The molecule has 0 rings (SSSR count). The number of hydrogen-bond donors (Lipinski definition) is 1. The number of ether oxygens (including phenoxy) is 2. The Morgan fingerprint density at radius 3 is 1.82 bits per heavy atom. The first-order chi connectivity index (χ1) is 12.6. The highest BCUT2D eigenvalue weighted by molar-refractivity contribution is 5.82. The third-order valence-corrected chi connectivity index (χ3v) is 6.74. The Bertz CT molecular complexity index is 565. The van der Waals surface area contributed by atoms with Crippen molar-refractivity contribution in [1.29, 1.82) is 0 Å². The SMILES string of the molecule is CCCCOC(=O)C(C)(C)CC(C)(C)C(C)(C)C(C)(CC)C(=O)OCC(N)=O. The van der Waals surface area contributed by atoms with Crippen LogP contribution in [0.4, 0.5) is 0 Å². The molecule has 0 aromatic rings. The van der Waals surface area contributed by atoms with Gasteiger partial charge in [-0.3, -0.25) is 14.4 Å². The summed E-state index contributed by atoms with van der Waals surface area (Å²) >= 11 is 0. The zero-order valence-corrected chi connectivity index (χ0v) is 19.4. The van der Waals surface area contributed by atoms with Crippen molar-refractivity contribution in [1.82, 2.24) is 0 Å². The summed E-state index contributed by atoms with van der Waals surface area (Å²) in [4.78, 5) is 36.5. The molecule has 0 aliphatic heterocycles. The lowest BCUT2D eigenvalue weighted by atomic mass is 9.50. The lowest BCUT2D eigenvalue weighted by Crippen LogP contribution is -2.53. The molecule has 1 atom stereocenters. The molecule has 0 heterocycles. The standard InChI is InChI=1S/C22H41NO5/c1-10-12-13-27-17(25)19(3,4)15-20(5,6)21(7,8)22(9,11-2)18(26)28-14-16(23)24/h10-15H2,1-9H3,(H2,23,24). The number of carbonyl (C=O) groups excluding carboxylic acids is 3. The van der Waals surface area contributed by atoms with Crippen molar-refractivity contribution in [3.05, 3.63) is 0 Å². The first-order valence-electron chi connectivity index (χ1n) is 10.2. The normalized spacial score (nSPS) is 14.9. The molecule has 1 amide bonds. The van der Waals surface area contributed by atoms with Crippen molar-refractivity contribution in [3.63, 3.8) is 0 Å². The molecular formula is C22H41NO5. The molecule has 0 saturated carbocycles. The average molecular weight is 400 g/mol. The van der Waals surface area contributed by atoms with Crippen molar-refractivity contribution >= 4 is 17.8 Å². The minimum atomic E-state index is -0.853. The number of nitrogens with two attached hydrogens (primary N) is 1. The molecule has 6 nitrogen and oxygen atoms in total. The smallest absolute Gasteiger partial charge is 0.312 e. The maximum absolute atomic E-state index is 12.8. The van der Waals surface area contributed by atoms with Gasteiger partial charge >= 0.3 is 11.9 Å². The summed E-state index contributed by atoms with van der Waals surface area (Å²) in [5.41, 5.74) is 2.63. The molecule has 164 valence electrons. The van der Waals surface area contributed by atoms with E-state index in [0.29, 0.717) is 19.4 Å². The quantitative estimate of drug-likeness (QED) is 0.391. The van der Waals surface area contributed by atoms with E-state index >= 15 is 0 Å². The zero-order valence-electron chi connectivity index (χ0n) is 19.4. The minimum absolute atomic E-state index is 0.223. The number of carbonyl (C=O) groups is 3. The van der Waals surface area contributed by atoms with Gasteiger partial charge in [0.1, 0.15) is 0 Å².